The lowest BCUT2D eigenvalue weighted by atomic mass is 9.94. The third-order valence-corrected chi connectivity index (χ3v) is 3.73. The third-order valence-electron chi connectivity index (χ3n) is 3.73. The number of amides is 1. The van der Waals surface area contributed by atoms with Crippen molar-refractivity contribution < 1.29 is 4.79 Å². The van der Waals surface area contributed by atoms with Gasteiger partial charge >= 0.3 is 0 Å². The average Bonchev–Trinajstić information content (AvgIpc) is 2.90. The summed E-state index contributed by atoms with van der Waals surface area (Å²) in [5.74, 6) is 0.0426. The molecule has 0 fully saturated rings. The molecule has 4 nitrogen and oxygen atoms in total. The molecule has 1 aliphatic heterocycles. The molecule has 0 spiro atoms. The minimum Gasteiger partial charge on any atom is -0.357 e. The zero-order valence-corrected chi connectivity index (χ0v) is 11.6. The first-order valence-electron chi connectivity index (χ1n) is 6.94. The van der Waals surface area contributed by atoms with Crippen LogP contribution < -0.4 is 10.6 Å². The smallest absolute Gasteiger partial charge is 0.242 e. The fourth-order valence-electron chi connectivity index (χ4n) is 2.70. The summed E-state index contributed by atoms with van der Waals surface area (Å²) in [7, 11) is 1.98. The molecule has 0 saturated heterocycles. The number of rotatable bonds is 3. The molecule has 0 radical (unpaired) electrons. The van der Waals surface area contributed by atoms with Crippen molar-refractivity contribution in [2.75, 3.05) is 6.54 Å². The number of nitrogens with zero attached hydrogens (tertiary/aromatic N) is 1. The van der Waals surface area contributed by atoms with E-state index in [9.17, 15) is 4.79 Å². The molecule has 2 heterocycles. The molecule has 1 aromatic carbocycles. The van der Waals surface area contributed by atoms with E-state index < -0.39 is 0 Å². The monoisotopic (exact) mass is 269 g/mol. The zero-order chi connectivity index (χ0) is 13.9. The van der Waals surface area contributed by atoms with Gasteiger partial charge in [-0.3, -0.25) is 4.79 Å². The number of aryl methyl sites for hydroxylation is 1. The van der Waals surface area contributed by atoms with Gasteiger partial charge in [-0.2, -0.15) is 0 Å². The molecule has 104 valence electrons. The van der Waals surface area contributed by atoms with Gasteiger partial charge in [0.15, 0.2) is 0 Å². The molecule has 20 heavy (non-hydrogen) atoms. The summed E-state index contributed by atoms with van der Waals surface area (Å²) < 4.78 is 1.98. The minimum absolute atomic E-state index is 0.0426. The van der Waals surface area contributed by atoms with Crippen molar-refractivity contribution in [3.05, 3.63) is 59.4 Å². The molecule has 4 heteroatoms. The van der Waals surface area contributed by atoms with Crippen LogP contribution in [0.15, 0.2) is 42.7 Å². The Labute approximate surface area is 118 Å². The van der Waals surface area contributed by atoms with E-state index in [1.54, 1.807) is 0 Å². The fourth-order valence-corrected chi connectivity index (χ4v) is 2.70. The van der Waals surface area contributed by atoms with Gasteiger partial charge in [0.05, 0.1) is 0 Å². The predicted molar refractivity (Wildman–Crippen MR) is 78.1 cm³/mol. The van der Waals surface area contributed by atoms with Crippen LogP contribution in [-0.2, 0) is 24.8 Å². The number of benzene rings is 1. The molecule has 1 amide bonds. The average molecular weight is 269 g/mol. The molecule has 1 aliphatic rings. The Morgan fingerprint density at radius 3 is 3.05 bits per heavy atom. The van der Waals surface area contributed by atoms with Crippen molar-refractivity contribution in [1.29, 1.82) is 0 Å². The third kappa shape index (κ3) is 2.60. The van der Waals surface area contributed by atoms with Gasteiger partial charge in [-0.05, 0) is 29.2 Å². The summed E-state index contributed by atoms with van der Waals surface area (Å²) in [5.41, 5.74) is 3.49. The summed E-state index contributed by atoms with van der Waals surface area (Å²) in [5, 5.41) is 6.31. The number of nitrogens with one attached hydrogen (secondary N) is 2. The lowest BCUT2D eigenvalue weighted by molar-refractivity contribution is -0.123. The highest BCUT2D eigenvalue weighted by Crippen LogP contribution is 2.22. The Bertz CT molecular complexity index is 618. The van der Waals surface area contributed by atoms with Crippen molar-refractivity contribution in [2.45, 2.75) is 19.0 Å². The van der Waals surface area contributed by atoms with E-state index in [0.29, 0.717) is 6.54 Å². The van der Waals surface area contributed by atoms with Crippen LogP contribution in [0.1, 0.15) is 22.7 Å². The van der Waals surface area contributed by atoms with Crippen LogP contribution in [0.3, 0.4) is 0 Å². The Hall–Kier alpha value is -2.07. The summed E-state index contributed by atoms with van der Waals surface area (Å²) in [6.45, 7) is 1.42. The number of fused-ring (bicyclic) bond motifs is 1. The maximum atomic E-state index is 12.4. The highest BCUT2D eigenvalue weighted by Gasteiger charge is 2.25. The molecular weight excluding hydrogens is 250 g/mol. The van der Waals surface area contributed by atoms with Crippen LogP contribution in [-0.4, -0.2) is 17.0 Å². The molecular formula is C16H19N3O. The molecule has 2 N–H and O–H groups in total. The van der Waals surface area contributed by atoms with Crippen LogP contribution in [0.5, 0.6) is 0 Å². The van der Waals surface area contributed by atoms with Gasteiger partial charge in [0, 0.05) is 32.5 Å². The number of hydrogen-bond donors (Lipinski definition) is 2. The Balaban J connectivity index is 1.69. The van der Waals surface area contributed by atoms with Crippen molar-refractivity contribution in [1.82, 2.24) is 15.2 Å². The lowest BCUT2D eigenvalue weighted by Gasteiger charge is -2.26. The fraction of sp³-hybridized carbons (Fsp3) is 0.312. The van der Waals surface area contributed by atoms with E-state index in [1.165, 1.54) is 5.56 Å². The second kappa shape index (κ2) is 5.51. The Morgan fingerprint density at radius 1 is 1.40 bits per heavy atom. The van der Waals surface area contributed by atoms with Gasteiger partial charge in [-0.1, -0.05) is 24.3 Å². The minimum atomic E-state index is -0.233. The van der Waals surface area contributed by atoms with Gasteiger partial charge in [0.25, 0.3) is 0 Å². The number of carbonyl (C=O) groups is 1. The van der Waals surface area contributed by atoms with Crippen LogP contribution in [0.4, 0.5) is 0 Å². The Kier molecular flexibility index (Phi) is 3.56. The highest BCUT2D eigenvalue weighted by atomic mass is 16.2. The SMILES string of the molecule is Cn1ccc(CNC(=O)C2NCCc3ccccc32)c1. The summed E-state index contributed by atoms with van der Waals surface area (Å²) in [4.78, 5) is 12.4. The summed E-state index contributed by atoms with van der Waals surface area (Å²) >= 11 is 0. The van der Waals surface area contributed by atoms with Crippen LogP contribution in [0, 0.1) is 0 Å². The van der Waals surface area contributed by atoms with E-state index in [0.717, 1.165) is 24.1 Å². The van der Waals surface area contributed by atoms with Gasteiger partial charge < -0.3 is 15.2 Å². The molecule has 1 atom stereocenters. The standard InChI is InChI=1S/C16H19N3O/c1-19-9-7-12(11-19)10-18-16(20)15-14-5-3-2-4-13(14)6-8-17-15/h2-5,7,9,11,15,17H,6,8,10H2,1H3,(H,18,20). The van der Waals surface area contributed by atoms with E-state index >= 15 is 0 Å². The second-order valence-electron chi connectivity index (χ2n) is 5.24. The largest absolute Gasteiger partial charge is 0.357 e. The van der Waals surface area contributed by atoms with Crippen LogP contribution in [0.2, 0.25) is 0 Å². The van der Waals surface area contributed by atoms with Crippen molar-refractivity contribution in [2.24, 2.45) is 7.05 Å². The van der Waals surface area contributed by atoms with E-state index in [-0.39, 0.29) is 11.9 Å². The summed E-state index contributed by atoms with van der Waals surface area (Å²) in [6.07, 6.45) is 4.98. The molecule has 1 aromatic heterocycles. The van der Waals surface area contributed by atoms with Crippen LogP contribution >= 0.6 is 0 Å². The predicted octanol–water partition coefficient (Wildman–Crippen LogP) is 1.53. The normalized spacial score (nSPS) is 17.6. The number of carbonyl (C=O) groups excluding carboxylic acids is 1. The quantitative estimate of drug-likeness (QED) is 0.887. The maximum absolute atomic E-state index is 12.4. The number of aromatic nitrogens is 1. The van der Waals surface area contributed by atoms with E-state index in [4.69, 9.17) is 0 Å². The van der Waals surface area contributed by atoms with Crippen molar-refractivity contribution >= 4 is 5.91 Å². The Morgan fingerprint density at radius 2 is 2.25 bits per heavy atom. The molecule has 0 bridgehead atoms. The molecule has 0 aliphatic carbocycles. The van der Waals surface area contributed by atoms with Crippen LogP contribution in [0.25, 0.3) is 0 Å². The first-order valence-corrected chi connectivity index (χ1v) is 6.94. The first-order chi connectivity index (χ1) is 9.74. The highest BCUT2D eigenvalue weighted by molar-refractivity contribution is 5.83. The van der Waals surface area contributed by atoms with Gasteiger partial charge in [0.2, 0.25) is 5.91 Å². The summed E-state index contributed by atoms with van der Waals surface area (Å²) in [6, 6.07) is 9.94. The molecule has 3 rings (SSSR count). The van der Waals surface area contributed by atoms with Gasteiger partial charge in [0.1, 0.15) is 6.04 Å². The topological polar surface area (TPSA) is 46.1 Å². The molecule has 0 saturated carbocycles. The zero-order valence-electron chi connectivity index (χ0n) is 11.6. The maximum Gasteiger partial charge on any atom is 0.242 e. The van der Waals surface area contributed by atoms with Gasteiger partial charge in [-0.15, -0.1) is 0 Å². The molecule has 1 unspecified atom stereocenters. The first kappa shape index (κ1) is 12.9. The molecule has 2 aromatic rings. The van der Waals surface area contributed by atoms with E-state index in [1.807, 2.05) is 48.3 Å². The van der Waals surface area contributed by atoms with Gasteiger partial charge in [-0.25, -0.2) is 0 Å². The second-order valence-corrected chi connectivity index (χ2v) is 5.24. The number of hydrogen-bond acceptors (Lipinski definition) is 2. The van der Waals surface area contributed by atoms with Crippen molar-refractivity contribution in [3.63, 3.8) is 0 Å². The van der Waals surface area contributed by atoms with Crippen molar-refractivity contribution in [3.8, 4) is 0 Å². The lowest BCUT2D eigenvalue weighted by Crippen LogP contribution is -2.41. The van der Waals surface area contributed by atoms with E-state index in [2.05, 4.69) is 16.7 Å².